The van der Waals surface area contributed by atoms with Crippen LogP contribution in [0.25, 0.3) is 0 Å². The summed E-state index contributed by atoms with van der Waals surface area (Å²) in [6, 6.07) is 1.96. The van der Waals surface area contributed by atoms with Crippen LogP contribution in [-0.4, -0.2) is 40.1 Å². The van der Waals surface area contributed by atoms with Crippen LogP contribution in [0.5, 0.6) is 0 Å². The SMILES string of the molecule is CSCCN(Cc1cncc(Br)c1)C(=O)OC(C)(C)C. The Morgan fingerprint density at radius 1 is 1.45 bits per heavy atom. The van der Waals surface area contributed by atoms with Crippen molar-refractivity contribution in [1.29, 1.82) is 0 Å². The van der Waals surface area contributed by atoms with Crippen molar-refractivity contribution in [3.63, 3.8) is 0 Å². The van der Waals surface area contributed by atoms with Crippen LogP contribution in [0.2, 0.25) is 0 Å². The Balaban J connectivity index is 2.75. The van der Waals surface area contributed by atoms with Gasteiger partial charge in [0.05, 0.1) is 6.54 Å². The topological polar surface area (TPSA) is 42.4 Å². The number of rotatable bonds is 5. The lowest BCUT2D eigenvalue weighted by molar-refractivity contribution is 0.0246. The fourth-order valence-electron chi connectivity index (χ4n) is 1.53. The van der Waals surface area contributed by atoms with Crippen LogP contribution in [-0.2, 0) is 11.3 Å². The van der Waals surface area contributed by atoms with Crippen molar-refractivity contribution in [1.82, 2.24) is 9.88 Å². The maximum absolute atomic E-state index is 12.2. The number of aromatic nitrogens is 1. The summed E-state index contributed by atoms with van der Waals surface area (Å²) in [7, 11) is 0. The van der Waals surface area contributed by atoms with Gasteiger partial charge in [-0.25, -0.2) is 4.79 Å². The van der Waals surface area contributed by atoms with Crippen LogP contribution in [0.3, 0.4) is 0 Å². The van der Waals surface area contributed by atoms with Gasteiger partial charge in [0.2, 0.25) is 0 Å². The van der Waals surface area contributed by atoms with Crippen LogP contribution >= 0.6 is 27.7 Å². The van der Waals surface area contributed by atoms with Gasteiger partial charge in [-0.3, -0.25) is 4.98 Å². The number of hydrogen-bond donors (Lipinski definition) is 0. The number of nitrogens with zero attached hydrogens (tertiary/aromatic N) is 2. The van der Waals surface area contributed by atoms with E-state index in [-0.39, 0.29) is 6.09 Å². The number of ether oxygens (including phenoxy) is 1. The zero-order valence-corrected chi connectivity index (χ0v) is 14.8. The summed E-state index contributed by atoms with van der Waals surface area (Å²) >= 11 is 5.09. The molecular weight excluding hydrogens is 340 g/mol. The molecule has 112 valence electrons. The predicted octanol–water partition coefficient (Wildman–Crippen LogP) is 3.94. The van der Waals surface area contributed by atoms with Gasteiger partial charge in [-0.05, 0) is 54.6 Å². The number of amides is 1. The highest BCUT2D eigenvalue weighted by atomic mass is 79.9. The average molecular weight is 361 g/mol. The summed E-state index contributed by atoms with van der Waals surface area (Å²) < 4.78 is 6.35. The summed E-state index contributed by atoms with van der Waals surface area (Å²) in [6.07, 6.45) is 5.23. The summed E-state index contributed by atoms with van der Waals surface area (Å²) in [6.45, 7) is 6.78. The second-order valence-corrected chi connectivity index (χ2v) is 7.31. The van der Waals surface area contributed by atoms with Gasteiger partial charge in [0.25, 0.3) is 0 Å². The standard InChI is InChI=1S/C14H21BrN2O2S/c1-14(2,3)19-13(18)17(5-6-20-4)10-11-7-12(15)9-16-8-11/h7-9H,5-6,10H2,1-4H3. The second-order valence-electron chi connectivity index (χ2n) is 5.41. The highest BCUT2D eigenvalue weighted by molar-refractivity contribution is 9.10. The van der Waals surface area contributed by atoms with Crippen LogP contribution in [0.15, 0.2) is 22.9 Å². The van der Waals surface area contributed by atoms with Crippen molar-refractivity contribution in [3.05, 3.63) is 28.5 Å². The van der Waals surface area contributed by atoms with Crippen LogP contribution in [0.1, 0.15) is 26.3 Å². The first-order chi connectivity index (χ1) is 9.31. The number of carbonyl (C=O) groups excluding carboxylic acids is 1. The monoisotopic (exact) mass is 360 g/mol. The molecule has 0 aromatic carbocycles. The third-order valence-electron chi connectivity index (χ3n) is 2.35. The normalized spacial score (nSPS) is 11.2. The molecule has 1 aromatic rings. The maximum atomic E-state index is 12.2. The number of thioether (sulfide) groups is 1. The number of carbonyl (C=O) groups is 1. The smallest absolute Gasteiger partial charge is 0.410 e. The first-order valence-corrected chi connectivity index (χ1v) is 8.57. The number of hydrogen-bond acceptors (Lipinski definition) is 4. The maximum Gasteiger partial charge on any atom is 0.410 e. The third-order valence-corrected chi connectivity index (χ3v) is 3.38. The fraction of sp³-hybridized carbons (Fsp3) is 0.571. The summed E-state index contributed by atoms with van der Waals surface area (Å²) in [4.78, 5) is 18.1. The molecule has 0 fully saturated rings. The molecule has 20 heavy (non-hydrogen) atoms. The fourth-order valence-corrected chi connectivity index (χ4v) is 2.34. The van der Waals surface area contributed by atoms with Gasteiger partial charge in [0, 0.05) is 29.2 Å². The summed E-state index contributed by atoms with van der Waals surface area (Å²) in [5, 5.41) is 0. The molecule has 1 aromatic heterocycles. The largest absolute Gasteiger partial charge is 0.444 e. The first kappa shape index (κ1) is 17.3. The quantitative estimate of drug-likeness (QED) is 0.797. The van der Waals surface area contributed by atoms with Gasteiger partial charge in [0.1, 0.15) is 5.60 Å². The molecule has 0 saturated carbocycles. The van der Waals surface area contributed by atoms with E-state index < -0.39 is 5.60 Å². The lowest BCUT2D eigenvalue weighted by Gasteiger charge is -2.27. The van der Waals surface area contributed by atoms with Crippen molar-refractivity contribution in [3.8, 4) is 0 Å². The Morgan fingerprint density at radius 3 is 2.70 bits per heavy atom. The van der Waals surface area contributed by atoms with E-state index >= 15 is 0 Å². The molecule has 0 saturated heterocycles. The van der Waals surface area contributed by atoms with E-state index in [4.69, 9.17) is 4.74 Å². The van der Waals surface area contributed by atoms with Gasteiger partial charge < -0.3 is 9.64 Å². The van der Waals surface area contributed by atoms with Crippen molar-refractivity contribution in [2.24, 2.45) is 0 Å². The molecule has 1 rings (SSSR count). The van der Waals surface area contributed by atoms with Gasteiger partial charge in [-0.2, -0.15) is 11.8 Å². The first-order valence-electron chi connectivity index (χ1n) is 6.38. The molecule has 0 unspecified atom stereocenters. The lowest BCUT2D eigenvalue weighted by atomic mass is 10.2. The second kappa shape index (κ2) is 7.88. The van der Waals surface area contributed by atoms with Gasteiger partial charge in [-0.1, -0.05) is 0 Å². The predicted molar refractivity (Wildman–Crippen MR) is 87.0 cm³/mol. The molecule has 0 N–H and O–H groups in total. The minimum atomic E-state index is -0.482. The highest BCUT2D eigenvalue weighted by Crippen LogP contribution is 2.15. The van der Waals surface area contributed by atoms with E-state index in [9.17, 15) is 4.79 Å². The molecule has 0 radical (unpaired) electrons. The van der Waals surface area contributed by atoms with Crippen molar-refractivity contribution in [2.45, 2.75) is 32.9 Å². The lowest BCUT2D eigenvalue weighted by Crippen LogP contribution is -2.37. The Hall–Kier alpha value is -0.750. The molecule has 0 atom stereocenters. The van der Waals surface area contributed by atoms with Crippen molar-refractivity contribution < 1.29 is 9.53 Å². The van der Waals surface area contributed by atoms with Gasteiger partial charge in [-0.15, -0.1) is 0 Å². The molecular formula is C14H21BrN2O2S. The third kappa shape index (κ3) is 6.61. The Morgan fingerprint density at radius 2 is 2.15 bits per heavy atom. The van der Waals surface area contributed by atoms with E-state index in [1.165, 1.54) is 0 Å². The summed E-state index contributed by atoms with van der Waals surface area (Å²) in [5.74, 6) is 0.876. The molecule has 0 spiro atoms. The molecule has 1 amide bonds. The van der Waals surface area contributed by atoms with E-state index in [0.29, 0.717) is 13.1 Å². The molecule has 0 aliphatic rings. The van der Waals surface area contributed by atoms with Crippen LogP contribution < -0.4 is 0 Å². The summed E-state index contributed by atoms with van der Waals surface area (Å²) in [5.41, 5.74) is 0.496. The molecule has 0 aliphatic heterocycles. The molecule has 0 aliphatic carbocycles. The Kier molecular flexibility index (Phi) is 6.82. The minimum absolute atomic E-state index is 0.286. The highest BCUT2D eigenvalue weighted by Gasteiger charge is 2.22. The average Bonchev–Trinajstić information content (AvgIpc) is 2.32. The number of pyridine rings is 1. The van der Waals surface area contributed by atoms with Crippen LogP contribution in [0, 0.1) is 0 Å². The van der Waals surface area contributed by atoms with E-state index in [1.807, 2.05) is 33.1 Å². The molecule has 6 heteroatoms. The minimum Gasteiger partial charge on any atom is -0.444 e. The molecule has 0 bridgehead atoms. The Labute approximate surface area is 133 Å². The van der Waals surface area contributed by atoms with E-state index in [0.717, 1.165) is 15.8 Å². The van der Waals surface area contributed by atoms with Gasteiger partial charge in [0.15, 0.2) is 0 Å². The zero-order chi connectivity index (χ0) is 15.2. The van der Waals surface area contributed by atoms with Crippen molar-refractivity contribution >= 4 is 33.8 Å². The van der Waals surface area contributed by atoms with Gasteiger partial charge >= 0.3 is 6.09 Å². The zero-order valence-electron chi connectivity index (χ0n) is 12.4. The van der Waals surface area contributed by atoms with Crippen LogP contribution in [0.4, 0.5) is 4.79 Å². The van der Waals surface area contributed by atoms with E-state index in [1.54, 1.807) is 29.1 Å². The van der Waals surface area contributed by atoms with E-state index in [2.05, 4.69) is 20.9 Å². The van der Waals surface area contributed by atoms with Crippen molar-refractivity contribution in [2.75, 3.05) is 18.6 Å². The molecule has 1 heterocycles. The Bertz CT molecular complexity index is 449. The number of halogens is 1. The molecule has 4 nitrogen and oxygen atoms in total.